The fourth-order valence-electron chi connectivity index (χ4n) is 1.79. The van der Waals surface area contributed by atoms with Crippen molar-refractivity contribution in [1.82, 2.24) is 0 Å². The number of anilines is 1. The van der Waals surface area contributed by atoms with Crippen molar-refractivity contribution >= 4 is 44.8 Å². The van der Waals surface area contributed by atoms with Gasteiger partial charge in [-0.05, 0) is 36.4 Å². The smallest absolute Gasteiger partial charge is 0.255 e. The van der Waals surface area contributed by atoms with Crippen LogP contribution in [-0.2, 0) is 10.0 Å². The molecule has 2 rings (SSSR count). The summed E-state index contributed by atoms with van der Waals surface area (Å²) >= 11 is 11.7. The summed E-state index contributed by atoms with van der Waals surface area (Å²) in [7, 11) is -2.52. The summed E-state index contributed by atoms with van der Waals surface area (Å²) in [5.41, 5.74) is 0.414. The average Bonchev–Trinajstić information content (AvgIpc) is 2.49. The number of carbonyl (C=O) groups is 1. The van der Waals surface area contributed by atoms with Crippen molar-refractivity contribution in [3.63, 3.8) is 0 Å². The zero-order chi connectivity index (χ0) is 17.2. The van der Waals surface area contributed by atoms with Crippen molar-refractivity contribution in [2.45, 2.75) is 4.90 Å². The number of methoxy groups -OCH3 is 1. The van der Waals surface area contributed by atoms with Crippen LogP contribution in [0, 0.1) is 0 Å². The van der Waals surface area contributed by atoms with Crippen LogP contribution in [0.5, 0.6) is 5.75 Å². The van der Waals surface area contributed by atoms with Crippen molar-refractivity contribution < 1.29 is 17.9 Å². The highest BCUT2D eigenvalue weighted by Gasteiger charge is 2.15. The first-order valence-electron chi connectivity index (χ1n) is 6.19. The lowest BCUT2D eigenvalue weighted by atomic mass is 10.2. The summed E-state index contributed by atoms with van der Waals surface area (Å²) in [6.45, 7) is 0. The lowest BCUT2D eigenvalue weighted by Crippen LogP contribution is -2.15. The van der Waals surface area contributed by atoms with E-state index in [0.717, 1.165) is 0 Å². The summed E-state index contributed by atoms with van der Waals surface area (Å²) in [6.07, 6.45) is 0. The molecule has 0 saturated carbocycles. The van der Waals surface area contributed by atoms with Gasteiger partial charge in [0.15, 0.2) is 0 Å². The largest absolute Gasteiger partial charge is 0.495 e. The molecule has 0 radical (unpaired) electrons. The van der Waals surface area contributed by atoms with Crippen molar-refractivity contribution in [3.05, 3.63) is 52.0 Å². The number of rotatable bonds is 4. The summed E-state index contributed by atoms with van der Waals surface area (Å²) in [5, 5.41) is 8.18. The summed E-state index contributed by atoms with van der Waals surface area (Å²) in [5.74, 6) is -0.223. The average molecular weight is 375 g/mol. The zero-order valence-electron chi connectivity index (χ0n) is 11.8. The number of nitrogens with one attached hydrogen (secondary N) is 1. The molecule has 0 bridgehead atoms. The molecule has 2 aromatic rings. The highest BCUT2D eigenvalue weighted by atomic mass is 35.5. The van der Waals surface area contributed by atoms with Gasteiger partial charge in [-0.2, -0.15) is 0 Å². The van der Waals surface area contributed by atoms with E-state index < -0.39 is 15.9 Å². The highest BCUT2D eigenvalue weighted by molar-refractivity contribution is 7.89. The van der Waals surface area contributed by atoms with Crippen LogP contribution < -0.4 is 15.2 Å². The van der Waals surface area contributed by atoms with Crippen molar-refractivity contribution in [3.8, 4) is 5.75 Å². The number of nitrogens with two attached hydrogens (primary N) is 1. The number of carbonyl (C=O) groups excluding carboxylic acids is 1. The molecule has 3 N–H and O–H groups in total. The Kier molecular flexibility index (Phi) is 5.16. The lowest BCUT2D eigenvalue weighted by molar-refractivity contribution is 0.102. The molecule has 9 heteroatoms. The third-order valence-electron chi connectivity index (χ3n) is 2.93. The monoisotopic (exact) mass is 374 g/mol. The Morgan fingerprint density at radius 1 is 1.13 bits per heavy atom. The quantitative estimate of drug-likeness (QED) is 0.859. The summed E-state index contributed by atoms with van der Waals surface area (Å²) in [6, 6.07) is 8.25. The Labute approximate surface area is 143 Å². The van der Waals surface area contributed by atoms with Gasteiger partial charge in [-0.3, -0.25) is 4.79 Å². The second-order valence-corrected chi connectivity index (χ2v) is 6.87. The molecular weight excluding hydrogens is 363 g/mol. The van der Waals surface area contributed by atoms with Crippen molar-refractivity contribution in [1.29, 1.82) is 0 Å². The minimum absolute atomic E-state index is 0.150. The maximum Gasteiger partial charge on any atom is 0.255 e. The Morgan fingerprint density at radius 3 is 2.39 bits per heavy atom. The minimum atomic E-state index is -3.91. The Hall–Kier alpha value is -1.80. The molecule has 122 valence electrons. The van der Waals surface area contributed by atoms with Gasteiger partial charge in [0.25, 0.3) is 5.91 Å². The number of hydrogen-bond donors (Lipinski definition) is 2. The molecular formula is C14H12Cl2N2O4S. The van der Waals surface area contributed by atoms with Crippen LogP contribution in [0.3, 0.4) is 0 Å². The second kappa shape index (κ2) is 6.76. The van der Waals surface area contributed by atoms with Gasteiger partial charge in [-0.1, -0.05) is 23.2 Å². The lowest BCUT2D eigenvalue weighted by Gasteiger charge is -2.12. The number of amides is 1. The third kappa shape index (κ3) is 4.14. The maximum absolute atomic E-state index is 12.3. The molecule has 0 unspecified atom stereocenters. The van der Waals surface area contributed by atoms with E-state index in [1.165, 1.54) is 43.5 Å². The summed E-state index contributed by atoms with van der Waals surface area (Å²) in [4.78, 5) is 12.1. The van der Waals surface area contributed by atoms with Gasteiger partial charge in [0.1, 0.15) is 5.75 Å². The van der Waals surface area contributed by atoms with E-state index in [0.29, 0.717) is 5.02 Å². The van der Waals surface area contributed by atoms with E-state index in [4.69, 9.17) is 33.1 Å². The van der Waals surface area contributed by atoms with E-state index in [2.05, 4.69) is 5.32 Å². The van der Waals surface area contributed by atoms with E-state index in [1.54, 1.807) is 0 Å². The van der Waals surface area contributed by atoms with Crippen LogP contribution in [0.1, 0.15) is 10.4 Å². The molecule has 23 heavy (non-hydrogen) atoms. The Morgan fingerprint density at radius 2 is 1.83 bits per heavy atom. The Balaban J connectivity index is 2.37. The standard InChI is InChI=1S/C14H12Cl2N2O4S/c1-22-13-5-3-9(23(17,20)21)7-12(13)18-14(19)8-2-4-10(15)11(16)6-8/h2-7H,1H3,(H,18,19)(H2,17,20,21). The molecule has 0 saturated heterocycles. The predicted octanol–water partition coefficient (Wildman–Crippen LogP) is 2.90. The minimum Gasteiger partial charge on any atom is -0.495 e. The van der Waals surface area contributed by atoms with Gasteiger partial charge in [0.2, 0.25) is 10.0 Å². The maximum atomic E-state index is 12.3. The highest BCUT2D eigenvalue weighted by Crippen LogP contribution is 2.28. The number of halogens is 2. The van der Waals surface area contributed by atoms with E-state index in [9.17, 15) is 13.2 Å². The Bertz CT molecular complexity index is 869. The van der Waals surface area contributed by atoms with E-state index in [-0.39, 0.29) is 26.9 Å². The van der Waals surface area contributed by atoms with Crippen LogP contribution in [-0.4, -0.2) is 21.4 Å². The van der Waals surface area contributed by atoms with Crippen LogP contribution in [0.15, 0.2) is 41.3 Å². The van der Waals surface area contributed by atoms with E-state index >= 15 is 0 Å². The number of primary sulfonamides is 1. The molecule has 0 aliphatic heterocycles. The van der Waals surface area contributed by atoms with Gasteiger partial charge in [-0.25, -0.2) is 13.6 Å². The molecule has 0 aromatic heterocycles. The van der Waals surface area contributed by atoms with Gasteiger partial charge < -0.3 is 10.1 Å². The normalized spacial score (nSPS) is 11.1. The third-order valence-corrected chi connectivity index (χ3v) is 4.58. The van der Waals surface area contributed by atoms with Crippen LogP contribution in [0.4, 0.5) is 5.69 Å². The summed E-state index contributed by atoms with van der Waals surface area (Å²) < 4.78 is 27.9. The second-order valence-electron chi connectivity index (χ2n) is 4.49. The molecule has 0 heterocycles. The molecule has 1 amide bonds. The van der Waals surface area contributed by atoms with Crippen molar-refractivity contribution in [2.75, 3.05) is 12.4 Å². The number of benzene rings is 2. The number of hydrogen-bond acceptors (Lipinski definition) is 4. The molecule has 2 aromatic carbocycles. The SMILES string of the molecule is COc1ccc(S(N)(=O)=O)cc1NC(=O)c1ccc(Cl)c(Cl)c1. The first kappa shape index (κ1) is 17.6. The van der Waals surface area contributed by atoms with Crippen LogP contribution in [0.25, 0.3) is 0 Å². The zero-order valence-corrected chi connectivity index (χ0v) is 14.2. The van der Waals surface area contributed by atoms with E-state index in [1.807, 2.05) is 0 Å². The molecule has 0 aliphatic carbocycles. The fraction of sp³-hybridized carbons (Fsp3) is 0.0714. The number of sulfonamides is 1. The topological polar surface area (TPSA) is 98.5 Å². The number of ether oxygens (including phenoxy) is 1. The molecule has 0 atom stereocenters. The first-order chi connectivity index (χ1) is 10.7. The van der Waals surface area contributed by atoms with Gasteiger partial charge in [0, 0.05) is 5.56 Å². The predicted molar refractivity (Wildman–Crippen MR) is 88.8 cm³/mol. The molecule has 6 nitrogen and oxygen atoms in total. The van der Waals surface area contributed by atoms with Crippen LogP contribution in [0.2, 0.25) is 10.0 Å². The van der Waals surface area contributed by atoms with Gasteiger partial charge >= 0.3 is 0 Å². The molecule has 0 fully saturated rings. The van der Waals surface area contributed by atoms with Crippen molar-refractivity contribution in [2.24, 2.45) is 5.14 Å². The van der Waals surface area contributed by atoms with Gasteiger partial charge in [-0.15, -0.1) is 0 Å². The molecule has 0 spiro atoms. The fourth-order valence-corrected chi connectivity index (χ4v) is 2.63. The van der Waals surface area contributed by atoms with Crippen LogP contribution >= 0.6 is 23.2 Å². The van der Waals surface area contributed by atoms with Gasteiger partial charge in [0.05, 0.1) is 27.7 Å². The molecule has 0 aliphatic rings. The first-order valence-corrected chi connectivity index (χ1v) is 8.50.